The van der Waals surface area contributed by atoms with E-state index >= 15 is 0 Å². The third kappa shape index (κ3) is 2.41. The maximum atomic E-state index is 10.6. The van der Waals surface area contributed by atoms with Crippen molar-refractivity contribution >= 4 is 5.97 Å². The first-order chi connectivity index (χ1) is 10.1. The molecular weight excluding hydrogens is 264 g/mol. The maximum absolute atomic E-state index is 10.6. The van der Waals surface area contributed by atoms with Gasteiger partial charge in [-0.2, -0.15) is 0 Å². The van der Waals surface area contributed by atoms with Crippen LogP contribution in [0.3, 0.4) is 0 Å². The van der Waals surface area contributed by atoms with E-state index < -0.39 is 5.97 Å². The number of carbonyl (C=O) groups is 1. The van der Waals surface area contributed by atoms with Crippen LogP contribution in [0.2, 0.25) is 0 Å². The number of aliphatic carboxylic acids is 1. The van der Waals surface area contributed by atoms with Crippen molar-refractivity contribution in [1.82, 2.24) is 0 Å². The molecule has 0 spiro atoms. The fraction of sp³-hybridized carbons (Fsp3) is 0.722. The molecule has 4 saturated carbocycles. The van der Waals surface area contributed by atoms with E-state index in [2.05, 4.69) is 12.2 Å². The van der Waals surface area contributed by atoms with Crippen molar-refractivity contribution in [2.45, 2.75) is 44.9 Å². The Morgan fingerprint density at radius 3 is 2.29 bits per heavy atom. The Hall–Kier alpha value is -1.25. The largest absolute Gasteiger partial charge is 0.482 e. The molecule has 4 fully saturated rings. The minimum absolute atomic E-state index is 0.238. The SMILES string of the molecule is O=C(O)COC1=CCC(C23CC4CC(CC(C4)C2)C3)C=C1. The smallest absolute Gasteiger partial charge is 0.341 e. The number of hydrogen-bond donors (Lipinski definition) is 1. The molecule has 1 N–H and O–H groups in total. The molecule has 4 bridgehead atoms. The van der Waals surface area contributed by atoms with Gasteiger partial charge in [0.05, 0.1) is 0 Å². The molecule has 0 aromatic rings. The summed E-state index contributed by atoms with van der Waals surface area (Å²) in [5.74, 6) is 3.42. The minimum atomic E-state index is -0.910. The van der Waals surface area contributed by atoms with Crippen LogP contribution in [0.4, 0.5) is 0 Å². The molecule has 1 unspecified atom stereocenters. The van der Waals surface area contributed by atoms with E-state index in [1.54, 1.807) is 0 Å². The van der Waals surface area contributed by atoms with Gasteiger partial charge in [0.15, 0.2) is 6.61 Å². The molecule has 1 atom stereocenters. The molecule has 114 valence electrons. The first-order valence-electron chi connectivity index (χ1n) is 8.36. The highest BCUT2D eigenvalue weighted by molar-refractivity contribution is 5.68. The lowest BCUT2D eigenvalue weighted by atomic mass is 9.46. The number of carboxylic acids is 1. The van der Waals surface area contributed by atoms with Crippen LogP contribution in [-0.2, 0) is 9.53 Å². The molecule has 0 aromatic heterocycles. The highest BCUT2D eigenvalue weighted by Crippen LogP contribution is 2.63. The lowest BCUT2D eigenvalue weighted by Crippen LogP contribution is -2.49. The van der Waals surface area contributed by atoms with Gasteiger partial charge in [0.2, 0.25) is 0 Å². The lowest BCUT2D eigenvalue weighted by Gasteiger charge is -2.59. The second-order valence-corrected chi connectivity index (χ2v) is 7.77. The van der Waals surface area contributed by atoms with Crippen molar-refractivity contribution in [3.63, 3.8) is 0 Å². The fourth-order valence-corrected chi connectivity index (χ4v) is 5.94. The summed E-state index contributed by atoms with van der Waals surface area (Å²) in [5, 5.41) is 8.67. The number of ether oxygens (including phenoxy) is 1. The Morgan fingerprint density at radius 2 is 1.81 bits per heavy atom. The van der Waals surface area contributed by atoms with Crippen LogP contribution in [0.25, 0.3) is 0 Å². The van der Waals surface area contributed by atoms with Crippen LogP contribution < -0.4 is 0 Å². The minimum Gasteiger partial charge on any atom is -0.482 e. The third-order valence-corrected chi connectivity index (χ3v) is 6.30. The van der Waals surface area contributed by atoms with Crippen molar-refractivity contribution in [1.29, 1.82) is 0 Å². The van der Waals surface area contributed by atoms with E-state index in [4.69, 9.17) is 9.84 Å². The normalized spacial score (nSPS) is 43.7. The molecule has 5 aliphatic carbocycles. The first-order valence-corrected chi connectivity index (χ1v) is 8.36. The van der Waals surface area contributed by atoms with Crippen LogP contribution in [0.15, 0.2) is 24.0 Å². The summed E-state index contributed by atoms with van der Waals surface area (Å²) in [6.07, 6.45) is 16.2. The molecular formula is C18H24O3. The summed E-state index contributed by atoms with van der Waals surface area (Å²) in [6, 6.07) is 0. The van der Waals surface area contributed by atoms with Gasteiger partial charge in [-0.1, -0.05) is 6.08 Å². The monoisotopic (exact) mass is 288 g/mol. The van der Waals surface area contributed by atoms with Crippen LogP contribution in [0, 0.1) is 29.1 Å². The Kier molecular flexibility index (Phi) is 3.13. The van der Waals surface area contributed by atoms with Crippen molar-refractivity contribution in [3.05, 3.63) is 24.0 Å². The molecule has 21 heavy (non-hydrogen) atoms. The van der Waals surface area contributed by atoms with Crippen molar-refractivity contribution in [3.8, 4) is 0 Å². The van der Waals surface area contributed by atoms with Gasteiger partial charge in [0.25, 0.3) is 0 Å². The number of rotatable bonds is 4. The fourth-order valence-electron chi connectivity index (χ4n) is 5.94. The van der Waals surface area contributed by atoms with Crippen molar-refractivity contribution < 1.29 is 14.6 Å². The summed E-state index contributed by atoms with van der Waals surface area (Å²) in [6.45, 7) is -0.238. The summed E-state index contributed by atoms with van der Waals surface area (Å²) >= 11 is 0. The summed E-state index contributed by atoms with van der Waals surface area (Å²) < 4.78 is 5.29. The molecule has 5 rings (SSSR count). The van der Waals surface area contributed by atoms with Gasteiger partial charge < -0.3 is 9.84 Å². The predicted molar refractivity (Wildman–Crippen MR) is 79.5 cm³/mol. The Morgan fingerprint density at radius 1 is 1.19 bits per heavy atom. The number of allylic oxidation sites excluding steroid dienone is 3. The third-order valence-electron chi connectivity index (χ3n) is 6.30. The standard InChI is InChI=1S/C18H24O3/c19-17(20)11-21-16-3-1-15(2-4-16)18-8-12-5-13(9-18)7-14(6-12)10-18/h1,3-4,12-15H,2,5-11H2,(H,19,20). The summed E-state index contributed by atoms with van der Waals surface area (Å²) in [7, 11) is 0. The number of hydrogen-bond acceptors (Lipinski definition) is 2. The van der Waals surface area contributed by atoms with Crippen molar-refractivity contribution in [2.75, 3.05) is 6.61 Å². The van der Waals surface area contributed by atoms with Gasteiger partial charge in [-0.25, -0.2) is 4.79 Å². The zero-order chi connectivity index (χ0) is 14.4. The van der Waals surface area contributed by atoms with Gasteiger partial charge in [0.1, 0.15) is 5.76 Å². The van der Waals surface area contributed by atoms with E-state index in [9.17, 15) is 4.79 Å². The molecule has 0 amide bonds. The quantitative estimate of drug-likeness (QED) is 0.856. The van der Waals surface area contributed by atoms with Crippen LogP contribution >= 0.6 is 0 Å². The topological polar surface area (TPSA) is 46.5 Å². The highest BCUT2D eigenvalue weighted by atomic mass is 16.5. The van der Waals surface area contributed by atoms with E-state index in [-0.39, 0.29) is 6.61 Å². The van der Waals surface area contributed by atoms with Gasteiger partial charge in [0, 0.05) is 0 Å². The summed E-state index contributed by atoms with van der Waals surface area (Å²) in [4.78, 5) is 10.6. The van der Waals surface area contributed by atoms with Gasteiger partial charge >= 0.3 is 5.97 Å². The predicted octanol–water partition coefficient (Wildman–Crippen LogP) is 3.76. The van der Waals surface area contributed by atoms with E-state index in [1.165, 1.54) is 38.5 Å². The molecule has 5 aliphatic rings. The molecule has 3 heteroatoms. The average Bonchev–Trinajstić information content (AvgIpc) is 2.44. The maximum Gasteiger partial charge on any atom is 0.341 e. The molecule has 3 nitrogen and oxygen atoms in total. The van der Waals surface area contributed by atoms with Crippen LogP contribution in [0.5, 0.6) is 0 Å². The summed E-state index contributed by atoms with van der Waals surface area (Å²) in [5.41, 5.74) is 0.542. The second kappa shape index (κ2) is 4.89. The molecule has 0 saturated heterocycles. The zero-order valence-electron chi connectivity index (χ0n) is 12.5. The highest BCUT2D eigenvalue weighted by Gasteiger charge is 2.53. The van der Waals surface area contributed by atoms with E-state index in [0.717, 1.165) is 29.9 Å². The van der Waals surface area contributed by atoms with Crippen LogP contribution in [-0.4, -0.2) is 17.7 Å². The molecule has 0 aliphatic heterocycles. The van der Waals surface area contributed by atoms with Gasteiger partial charge in [-0.3, -0.25) is 0 Å². The molecule has 0 heterocycles. The first kappa shape index (κ1) is 13.4. The van der Waals surface area contributed by atoms with Gasteiger partial charge in [-0.05, 0) is 86.2 Å². The van der Waals surface area contributed by atoms with Gasteiger partial charge in [-0.15, -0.1) is 0 Å². The second-order valence-electron chi connectivity index (χ2n) is 7.77. The van der Waals surface area contributed by atoms with Crippen LogP contribution in [0.1, 0.15) is 44.9 Å². The van der Waals surface area contributed by atoms with E-state index in [1.807, 2.05) is 6.08 Å². The number of carboxylic acid groups (broad SMARTS) is 1. The molecule has 0 radical (unpaired) electrons. The lowest BCUT2D eigenvalue weighted by molar-refractivity contribution is -0.140. The Labute approximate surface area is 126 Å². The molecule has 0 aromatic carbocycles. The Balaban J connectivity index is 1.44. The average molecular weight is 288 g/mol. The van der Waals surface area contributed by atoms with Crippen molar-refractivity contribution in [2.24, 2.45) is 29.1 Å². The van der Waals surface area contributed by atoms with E-state index in [0.29, 0.717) is 11.3 Å². The zero-order valence-corrected chi connectivity index (χ0v) is 12.5. The Bertz CT molecular complexity index is 467.